The molecule has 0 bridgehead atoms. The van der Waals surface area contributed by atoms with Crippen LogP contribution in [0.2, 0.25) is 5.02 Å². The summed E-state index contributed by atoms with van der Waals surface area (Å²) in [4.78, 5) is 10.5. The van der Waals surface area contributed by atoms with Gasteiger partial charge in [-0.3, -0.25) is 10.1 Å². The topological polar surface area (TPSA) is 67.2 Å². The Morgan fingerprint density at radius 3 is 2.50 bits per heavy atom. The molecule has 0 saturated heterocycles. The molecule has 0 aliphatic rings. The molecule has 0 aliphatic carbocycles. The van der Waals surface area contributed by atoms with Gasteiger partial charge in [0, 0.05) is 16.8 Å². The van der Waals surface area contributed by atoms with E-state index in [1.807, 2.05) is 24.3 Å². The maximum Gasteiger partial charge on any atom is 0.292 e. The van der Waals surface area contributed by atoms with Crippen LogP contribution in [0.25, 0.3) is 0 Å². The molecule has 0 fully saturated rings. The van der Waals surface area contributed by atoms with E-state index in [1.54, 1.807) is 0 Å². The van der Waals surface area contributed by atoms with Crippen LogP contribution < -0.4 is 10.6 Å². The number of nitrogens with zero attached hydrogens (tertiary/aromatic N) is 1. The summed E-state index contributed by atoms with van der Waals surface area (Å²) in [6, 6.07) is 12.1. The number of nitro benzene ring substituents is 1. The van der Waals surface area contributed by atoms with Gasteiger partial charge in [0.25, 0.3) is 5.69 Å². The molecule has 2 N–H and O–H groups in total. The van der Waals surface area contributed by atoms with Gasteiger partial charge in [0.1, 0.15) is 5.69 Å². The number of hydrogen-bond donors (Lipinski definition) is 2. The van der Waals surface area contributed by atoms with Crippen molar-refractivity contribution >= 4 is 46.0 Å². The lowest BCUT2D eigenvalue weighted by atomic mass is 10.1. The van der Waals surface area contributed by atoms with Gasteiger partial charge in [0.05, 0.1) is 4.92 Å². The lowest BCUT2D eigenvalue weighted by molar-refractivity contribution is -0.383. The van der Waals surface area contributed by atoms with Crippen molar-refractivity contribution in [3.05, 3.63) is 63.2 Å². The van der Waals surface area contributed by atoms with Crippen molar-refractivity contribution in [3.8, 4) is 0 Å². The molecule has 22 heavy (non-hydrogen) atoms. The van der Waals surface area contributed by atoms with Crippen molar-refractivity contribution < 1.29 is 4.92 Å². The minimum atomic E-state index is -0.489. The number of hydrogen-bond acceptors (Lipinski definition) is 3. The smallest absolute Gasteiger partial charge is 0.292 e. The van der Waals surface area contributed by atoms with Crippen LogP contribution in [0.3, 0.4) is 0 Å². The first kappa shape index (κ1) is 16.2. The van der Waals surface area contributed by atoms with Crippen molar-refractivity contribution in [2.24, 2.45) is 0 Å². The van der Waals surface area contributed by atoms with Crippen LogP contribution in [0.5, 0.6) is 0 Å². The van der Waals surface area contributed by atoms with Gasteiger partial charge in [-0.1, -0.05) is 30.7 Å². The number of benzene rings is 2. The van der Waals surface area contributed by atoms with E-state index >= 15 is 0 Å². The Morgan fingerprint density at radius 2 is 1.91 bits per heavy atom. The SMILES string of the molecule is CCc1ccc(NC(=S)Nc2cc(Cl)ccc2[N+](=O)[O-])cc1. The van der Waals surface area contributed by atoms with E-state index in [2.05, 4.69) is 17.6 Å². The summed E-state index contributed by atoms with van der Waals surface area (Å²) in [5, 5.41) is 17.4. The summed E-state index contributed by atoms with van der Waals surface area (Å²) in [6.45, 7) is 2.08. The highest BCUT2D eigenvalue weighted by atomic mass is 35.5. The van der Waals surface area contributed by atoms with Gasteiger partial charge >= 0.3 is 0 Å². The van der Waals surface area contributed by atoms with Crippen LogP contribution >= 0.6 is 23.8 Å². The molecule has 0 atom stereocenters. The first-order chi connectivity index (χ1) is 10.5. The fourth-order valence-corrected chi connectivity index (χ4v) is 2.28. The van der Waals surface area contributed by atoms with Gasteiger partial charge < -0.3 is 10.6 Å². The lowest BCUT2D eigenvalue weighted by Crippen LogP contribution is -2.19. The molecular formula is C15H14ClN3O2S. The van der Waals surface area contributed by atoms with Gasteiger partial charge in [-0.15, -0.1) is 0 Å². The van der Waals surface area contributed by atoms with E-state index < -0.39 is 4.92 Å². The zero-order valence-corrected chi connectivity index (χ0v) is 13.4. The highest BCUT2D eigenvalue weighted by Gasteiger charge is 2.14. The largest absolute Gasteiger partial charge is 0.332 e. The molecule has 7 heteroatoms. The Labute approximate surface area is 138 Å². The molecule has 114 valence electrons. The van der Waals surface area contributed by atoms with Gasteiger partial charge in [-0.05, 0) is 48.5 Å². The van der Waals surface area contributed by atoms with Crippen LogP contribution in [-0.4, -0.2) is 10.0 Å². The number of anilines is 2. The van der Waals surface area contributed by atoms with E-state index in [0.717, 1.165) is 12.1 Å². The Bertz CT molecular complexity index is 704. The first-order valence-corrected chi connectivity index (χ1v) is 7.39. The Kier molecular flexibility index (Phi) is 5.30. The van der Waals surface area contributed by atoms with Crippen molar-refractivity contribution in [2.45, 2.75) is 13.3 Å². The molecule has 0 amide bonds. The molecule has 0 unspecified atom stereocenters. The standard InChI is InChI=1S/C15H14ClN3O2S/c1-2-10-3-6-12(7-4-10)17-15(22)18-13-9-11(16)5-8-14(13)19(20)21/h3-9H,2H2,1H3,(H2,17,18,22). The Balaban J connectivity index is 2.11. The van der Waals surface area contributed by atoms with Crippen molar-refractivity contribution in [1.82, 2.24) is 0 Å². The highest BCUT2D eigenvalue weighted by molar-refractivity contribution is 7.80. The molecule has 0 aromatic heterocycles. The monoisotopic (exact) mass is 335 g/mol. The van der Waals surface area contributed by atoms with Crippen molar-refractivity contribution in [1.29, 1.82) is 0 Å². The van der Waals surface area contributed by atoms with Gasteiger partial charge in [-0.2, -0.15) is 0 Å². The molecule has 0 saturated carbocycles. The molecule has 2 aromatic carbocycles. The fraction of sp³-hybridized carbons (Fsp3) is 0.133. The van der Waals surface area contributed by atoms with Crippen molar-refractivity contribution in [2.75, 3.05) is 10.6 Å². The first-order valence-electron chi connectivity index (χ1n) is 6.60. The Morgan fingerprint density at radius 1 is 1.23 bits per heavy atom. The lowest BCUT2D eigenvalue weighted by Gasteiger charge is -2.11. The quantitative estimate of drug-likeness (QED) is 0.485. The zero-order chi connectivity index (χ0) is 16.1. The minimum absolute atomic E-state index is 0.0881. The van der Waals surface area contributed by atoms with E-state index in [9.17, 15) is 10.1 Å². The summed E-state index contributed by atoms with van der Waals surface area (Å²) in [5.41, 5.74) is 2.18. The molecule has 0 aliphatic heterocycles. The van der Waals surface area contributed by atoms with Crippen LogP contribution in [0.15, 0.2) is 42.5 Å². The molecule has 2 aromatic rings. The van der Waals surface area contributed by atoms with E-state index in [-0.39, 0.29) is 16.5 Å². The minimum Gasteiger partial charge on any atom is -0.332 e. The number of thiocarbonyl (C=S) groups is 1. The fourth-order valence-electron chi connectivity index (χ4n) is 1.88. The number of nitro groups is 1. The molecular weight excluding hydrogens is 322 g/mol. The maximum absolute atomic E-state index is 11.0. The van der Waals surface area contributed by atoms with Crippen LogP contribution in [-0.2, 0) is 6.42 Å². The third-order valence-electron chi connectivity index (χ3n) is 3.02. The summed E-state index contributed by atoms with van der Waals surface area (Å²) < 4.78 is 0. The van der Waals surface area contributed by atoms with Gasteiger partial charge in [0.15, 0.2) is 5.11 Å². The van der Waals surface area contributed by atoms with Crippen molar-refractivity contribution in [3.63, 3.8) is 0 Å². The number of halogens is 1. The second-order valence-corrected chi connectivity index (χ2v) is 5.39. The van der Waals surface area contributed by atoms with E-state index in [0.29, 0.717) is 5.02 Å². The Hall–Kier alpha value is -2.18. The normalized spacial score (nSPS) is 10.1. The maximum atomic E-state index is 11.0. The predicted octanol–water partition coefficient (Wildman–Crippen LogP) is 4.62. The average Bonchev–Trinajstić information content (AvgIpc) is 2.47. The number of nitrogens with one attached hydrogen (secondary N) is 2. The summed E-state index contributed by atoms with van der Waals surface area (Å²) in [7, 11) is 0. The number of rotatable bonds is 4. The molecule has 0 radical (unpaired) electrons. The predicted molar refractivity (Wildman–Crippen MR) is 93.8 cm³/mol. The number of aryl methyl sites for hydroxylation is 1. The summed E-state index contributed by atoms with van der Waals surface area (Å²) in [6.07, 6.45) is 0.956. The van der Waals surface area contributed by atoms with E-state index in [4.69, 9.17) is 23.8 Å². The van der Waals surface area contributed by atoms with Crippen LogP contribution in [0, 0.1) is 10.1 Å². The zero-order valence-electron chi connectivity index (χ0n) is 11.8. The molecule has 5 nitrogen and oxygen atoms in total. The summed E-state index contributed by atoms with van der Waals surface area (Å²) in [5.74, 6) is 0. The van der Waals surface area contributed by atoms with E-state index in [1.165, 1.54) is 23.8 Å². The third-order valence-corrected chi connectivity index (χ3v) is 3.46. The second-order valence-electron chi connectivity index (χ2n) is 4.55. The molecule has 0 heterocycles. The average molecular weight is 336 g/mol. The highest BCUT2D eigenvalue weighted by Crippen LogP contribution is 2.27. The van der Waals surface area contributed by atoms with Crippen LogP contribution in [0.1, 0.15) is 12.5 Å². The third kappa shape index (κ3) is 4.16. The second kappa shape index (κ2) is 7.20. The van der Waals surface area contributed by atoms with Gasteiger partial charge in [0.2, 0.25) is 0 Å². The summed E-state index contributed by atoms with van der Waals surface area (Å²) >= 11 is 11.1. The van der Waals surface area contributed by atoms with Gasteiger partial charge in [-0.25, -0.2) is 0 Å². The molecule has 0 spiro atoms. The molecule has 2 rings (SSSR count). The van der Waals surface area contributed by atoms with Crippen LogP contribution in [0.4, 0.5) is 17.1 Å².